The smallest absolute Gasteiger partial charge is 0.341 e. The number of aryl methyl sites for hydroxylation is 1. The second-order valence-corrected chi connectivity index (χ2v) is 7.23. The predicted octanol–water partition coefficient (Wildman–Crippen LogP) is 5.21. The van der Waals surface area contributed by atoms with Gasteiger partial charge >= 0.3 is 11.9 Å². The highest BCUT2D eigenvalue weighted by atomic mass is 35.5. The maximum atomic E-state index is 12.5. The highest BCUT2D eigenvalue weighted by Gasteiger charge is 2.43. The number of ether oxygens (including phenoxy) is 3. The highest BCUT2D eigenvalue weighted by molar-refractivity contribution is 6.44. The van der Waals surface area contributed by atoms with Crippen LogP contribution < -0.4 is 4.74 Å². The molecule has 3 aromatic carbocycles. The van der Waals surface area contributed by atoms with Crippen LogP contribution in [0.3, 0.4) is 0 Å². The van der Waals surface area contributed by atoms with Crippen molar-refractivity contribution in [3.05, 3.63) is 90.0 Å². The summed E-state index contributed by atoms with van der Waals surface area (Å²) in [6.45, 7) is 1.79. The third-order valence-corrected chi connectivity index (χ3v) is 4.99. The maximum absolute atomic E-state index is 12.5. The molecule has 156 valence electrons. The van der Waals surface area contributed by atoms with Crippen LogP contribution in [0.4, 0.5) is 5.69 Å². The zero-order valence-electron chi connectivity index (χ0n) is 16.5. The van der Waals surface area contributed by atoms with Crippen LogP contribution in [0.1, 0.15) is 15.9 Å². The van der Waals surface area contributed by atoms with E-state index in [1.165, 1.54) is 0 Å². The number of alkyl halides is 1. The van der Waals surface area contributed by atoms with Gasteiger partial charge < -0.3 is 14.2 Å². The fourth-order valence-electron chi connectivity index (χ4n) is 2.98. The first-order valence-corrected chi connectivity index (χ1v) is 9.97. The van der Waals surface area contributed by atoms with Gasteiger partial charge in [0.1, 0.15) is 17.2 Å². The predicted molar refractivity (Wildman–Crippen MR) is 116 cm³/mol. The van der Waals surface area contributed by atoms with Crippen molar-refractivity contribution in [1.29, 1.82) is 0 Å². The maximum Gasteiger partial charge on any atom is 0.341 e. The SMILES string of the molecule is Cc1ccccc1C(=O)OC1OC(=O)C(Cl)C1=Nc1ccc(Oc2ccccc2)cc1. The lowest BCUT2D eigenvalue weighted by molar-refractivity contribution is -0.151. The second-order valence-electron chi connectivity index (χ2n) is 6.80. The number of hydrogen-bond donors (Lipinski definition) is 0. The molecule has 1 heterocycles. The Morgan fingerprint density at radius 1 is 0.935 bits per heavy atom. The molecule has 6 nitrogen and oxygen atoms in total. The Morgan fingerprint density at radius 3 is 2.29 bits per heavy atom. The van der Waals surface area contributed by atoms with Crippen LogP contribution in [-0.4, -0.2) is 29.3 Å². The summed E-state index contributed by atoms with van der Waals surface area (Å²) in [6.07, 6.45) is -1.29. The lowest BCUT2D eigenvalue weighted by Crippen LogP contribution is -2.27. The Kier molecular flexibility index (Phi) is 6.00. The van der Waals surface area contributed by atoms with E-state index in [1.807, 2.05) is 36.4 Å². The molecule has 0 aromatic heterocycles. The third kappa shape index (κ3) is 4.75. The number of esters is 2. The van der Waals surface area contributed by atoms with Crippen molar-refractivity contribution in [2.24, 2.45) is 4.99 Å². The molecule has 2 atom stereocenters. The Labute approximate surface area is 184 Å². The van der Waals surface area contributed by atoms with Crippen molar-refractivity contribution in [1.82, 2.24) is 0 Å². The van der Waals surface area contributed by atoms with Crippen LogP contribution in [0, 0.1) is 6.92 Å². The summed E-state index contributed by atoms with van der Waals surface area (Å²) in [4.78, 5) is 28.9. The molecular formula is C24H18ClNO5. The summed E-state index contributed by atoms with van der Waals surface area (Å²) >= 11 is 6.15. The lowest BCUT2D eigenvalue weighted by atomic mass is 10.1. The van der Waals surface area contributed by atoms with Gasteiger partial charge in [0, 0.05) is 0 Å². The standard InChI is InChI=1S/C24H18ClNO5/c1-15-7-5-6-10-19(15)22(27)30-24-21(20(25)23(28)31-24)26-16-11-13-18(14-12-16)29-17-8-3-2-4-9-17/h2-14,20,24H,1H3. The molecule has 3 aromatic rings. The Hall–Kier alpha value is -3.64. The van der Waals surface area contributed by atoms with Gasteiger partial charge in [0.2, 0.25) is 0 Å². The third-order valence-electron chi connectivity index (χ3n) is 4.58. The normalized spacial score (nSPS) is 19.2. The molecule has 7 heteroatoms. The van der Waals surface area contributed by atoms with E-state index in [0.29, 0.717) is 22.7 Å². The van der Waals surface area contributed by atoms with Gasteiger partial charge in [-0.05, 0) is 55.0 Å². The number of cyclic esters (lactones) is 1. The molecule has 0 N–H and O–H groups in total. The van der Waals surface area contributed by atoms with Crippen molar-refractivity contribution in [2.45, 2.75) is 18.6 Å². The van der Waals surface area contributed by atoms with Gasteiger partial charge in [-0.15, -0.1) is 11.6 Å². The second kappa shape index (κ2) is 9.02. The summed E-state index contributed by atoms with van der Waals surface area (Å²) in [5.41, 5.74) is 1.74. The van der Waals surface area contributed by atoms with Crippen molar-refractivity contribution >= 4 is 34.9 Å². The minimum absolute atomic E-state index is 0.116. The van der Waals surface area contributed by atoms with Crippen molar-refractivity contribution in [3.8, 4) is 11.5 Å². The van der Waals surface area contributed by atoms with E-state index in [2.05, 4.69) is 4.99 Å². The molecule has 1 aliphatic rings. The number of halogens is 1. The quantitative estimate of drug-likeness (QED) is 0.406. The number of aliphatic imine (C=N–C) groups is 1. The first-order valence-electron chi connectivity index (χ1n) is 9.54. The molecule has 0 spiro atoms. The van der Waals surface area contributed by atoms with Crippen LogP contribution in [-0.2, 0) is 14.3 Å². The van der Waals surface area contributed by atoms with E-state index in [0.717, 1.165) is 5.56 Å². The van der Waals surface area contributed by atoms with Gasteiger partial charge in [-0.1, -0.05) is 36.4 Å². The first kappa shape index (κ1) is 20.6. The van der Waals surface area contributed by atoms with E-state index < -0.39 is 23.6 Å². The van der Waals surface area contributed by atoms with Gasteiger partial charge in [-0.2, -0.15) is 0 Å². The van der Waals surface area contributed by atoms with Crippen LogP contribution in [0.15, 0.2) is 83.9 Å². The van der Waals surface area contributed by atoms with E-state index in [4.69, 9.17) is 25.8 Å². The van der Waals surface area contributed by atoms with E-state index in [9.17, 15) is 9.59 Å². The Balaban J connectivity index is 1.52. The number of hydrogen-bond acceptors (Lipinski definition) is 6. The molecule has 0 saturated carbocycles. The van der Waals surface area contributed by atoms with Crippen LogP contribution in [0.2, 0.25) is 0 Å². The number of benzene rings is 3. The molecule has 4 rings (SSSR count). The number of nitrogens with zero attached hydrogens (tertiary/aromatic N) is 1. The molecule has 0 radical (unpaired) electrons. The van der Waals surface area contributed by atoms with Gasteiger partial charge in [0.05, 0.1) is 11.3 Å². The lowest BCUT2D eigenvalue weighted by Gasteiger charge is -2.13. The molecular weight excluding hydrogens is 418 g/mol. The molecule has 0 amide bonds. The van der Waals surface area contributed by atoms with E-state index in [-0.39, 0.29) is 5.71 Å². The summed E-state index contributed by atoms with van der Waals surface area (Å²) < 4.78 is 16.3. The number of para-hydroxylation sites is 1. The Bertz CT molecular complexity index is 1130. The molecule has 2 unspecified atom stereocenters. The van der Waals surface area contributed by atoms with Gasteiger partial charge in [0.15, 0.2) is 5.38 Å². The zero-order chi connectivity index (χ0) is 21.8. The highest BCUT2D eigenvalue weighted by Crippen LogP contribution is 2.27. The van der Waals surface area contributed by atoms with Crippen LogP contribution in [0.25, 0.3) is 0 Å². The van der Waals surface area contributed by atoms with Gasteiger partial charge in [-0.25, -0.2) is 14.6 Å². The zero-order valence-corrected chi connectivity index (χ0v) is 17.3. The van der Waals surface area contributed by atoms with Crippen molar-refractivity contribution < 1.29 is 23.8 Å². The summed E-state index contributed by atoms with van der Waals surface area (Å²) in [5.74, 6) is -0.00721. The molecule has 0 aliphatic carbocycles. The van der Waals surface area contributed by atoms with Gasteiger partial charge in [0.25, 0.3) is 6.29 Å². The van der Waals surface area contributed by atoms with Crippen molar-refractivity contribution in [2.75, 3.05) is 0 Å². The monoisotopic (exact) mass is 435 g/mol. The Morgan fingerprint density at radius 2 is 1.58 bits per heavy atom. The van der Waals surface area contributed by atoms with Crippen molar-refractivity contribution in [3.63, 3.8) is 0 Å². The van der Waals surface area contributed by atoms with E-state index >= 15 is 0 Å². The largest absolute Gasteiger partial charge is 0.457 e. The minimum Gasteiger partial charge on any atom is -0.457 e. The summed E-state index contributed by atoms with van der Waals surface area (Å²) in [5, 5.41) is -1.14. The van der Waals surface area contributed by atoms with E-state index in [1.54, 1.807) is 49.4 Å². The summed E-state index contributed by atoms with van der Waals surface area (Å²) in [6, 6.07) is 23.2. The topological polar surface area (TPSA) is 74.2 Å². The average molecular weight is 436 g/mol. The average Bonchev–Trinajstić information content (AvgIpc) is 3.03. The van der Waals surface area contributed by atoms with Crippen LogP contribution >= 0.6 is 11.6 Å². The summed E-state index contributed by atoms with van der Waals surface area (Å²) in [7, 11) is 0. The van der Waals surface area contributed by atoms with Gasteiger partial charge in [-0.3, -0.25) is 0 Å². The fourth-order valence-corrected chi connectivity index (χ4v) is 3.19. The van der Waals surface area contributed by atoms with Crippen LogP contribution in [0.5, 0.6) is 11.5 Å². The molecule has 1 fully saturated rings. The molecule has 31 heavy (non-hydrogen) atoms. The number of rotatable bonds is 5. The molecule has 0 bridgehead atoms. The number of carbonyl (C=O) groups is 2. The molecule has 1 aliphatic heterocycles. The molecule has 1 saturated heterocycles. The first-order chi connectivity index (χ1) is 15.0. The fraction of sp³-hybridized carbons (Fsp3) is 0.125. The minimum atomic E-state index is -1.29. The number of carbonyl (C=O) groups excluding carboxylic acids is 2.